The van der Waals surface area contributed by atoms with E-state index in [-0.39, 0.29) is 28.0 Å². The first-order chi connectivity index (χ1) is 10.9. The number of aromatic carboxylic acids is 1. The Bertz CT molecular complexity index is 931. The highest BCUT2D eigenvalue weighted by Crippen LogP contribution is 2.41. The summed E-state index contributed by atoms with van der Waals surface area (Å²) in [5.74, 6) is -3.19. The van der Waals surface area contributed by atoms with E-state index in [1.165, 1.54) is 24.3 Å². The Morgan fingerprint density at radius 3 is 2.57 bits per heavy atom. The molecule has 3 aromatic rings. The summed E-state index contributed by atoms with van der Waals surface area (Å²) < 4.78 is 42.1. The van der Waals surface area contributed by atoms with Gasteiger partial charge in [-0.15, -0.1) is 11.3 Å². The van der Waals surface area contributed by atoms with E-state index in [2.05, 4.69) is 0 Å². The van der Waals surface area contributed by atoms with Gasteiger partial charge in [0.2, 0.25) is 0 Å². The third-order valence-electron chi connectivity index (χ3n) is 3.66. The molecule has 6 heteroatoms. The molecule has 0 fully saturated rings. The van der Waals surface area contributed by atoms with Crippen molar-refractivity contribution in [1.82, 2.24) is 0 Å². The summed E-state index contributed by atoms with van der Waals surface area (Å²) in [5, 5.41) is 9.82. The first kappa shape index (κ1) is 15.6. The lowest BCUT2D eigenvalue weighted by molar-refractivity contribution is 0.0703. The van der Waals surface area contributed by atoms with Gasteiger partial charge in [-0.3, -0.25) is 0 Å². The van der Waals surface area contributed by atoms with Gasteiger partial charge in [-0.2, -0.15) is 0 Å². The molecule has 0 saturated heterocycles. The molecule has 0 aliphatic heterocycles. The Labute approximate surface area is 133 Å². The van der Waals surface area contributed by atoms with Crippen LogP contribution in [0, 0.1) is 17.5 Å². The van der Waals surface area contributed by atoms with Crippen LogP contribution in [0.15, 0.2) is 30.3 Å². The third kappa shape index (κ3) is 2.49. The average molecular weight is 336 g/mol. The van der Waals surface area contributed by atoms with E-state index >= 15 is 0 Å². The maximum atomic E-state index is 14.6. The molecule has 23 heavy (non-hydrogen) atoms. The first-order valence-electron chi connectivity index (χ1n) is 6.86. The van der Waals surface area contributed by atoms with E-state index in [4.69, 9.17) is 0 Å². The lowest BCUT2D eigenvalue weighted by atomic mass is 9.98. The molecule has 0 aliphatic rings. The molecule has 118 valence electrons. The van der Waals surface area contributed by atoms with E-state index in [9.17, 15) is 23.1 Å². The fourth-order valence-corrected chi connectivity index (χ4v) is 3.68. The number of rotatable bonds is 3. The molecule has 0 aliphatic carbocycles. The predicted octanol–water partition coefficient (Wildman–Crippen LogP) is 5.25. The van der Waals surface area contributed by atoms with Crippen LogP contribution in [0.25, 0.3) is 21.2 Å². The molecule has 2 nitrogen and oxygen atoms in total. The number of thiophene rings is 1. The number of benzene rings is 2. The number of hydrogen-bond acceptors (Lipinski definition) is 2. The number of carboxylic acid groups (broad SMARTS) is 1. The molecular weight excluding hydrogens is 325 g/mol. The molecule has 0 unspecified atom stereocenters. The van der Waals surface area contributed by atoms with Crippen LogP contribution >= 0.6 is 11.3 Å². The summed E-state index contributed by atoms with van der Waals surface area (Å²) in [7, 11) is 0. The van der Waals surface area contributed by atoms with Crippen molar-refractivity contribution in [2.45, 2.75) is 13.3 Å². The van der Waals surface area contributed by atoms with Crippen LogP contribution in [-0.2, 0) is 6.42 Å². The zero-order valence-corrected chi connectivity index (χ0v) is 12.8. The first-order valence-corrected chi connectivity index (χ1v) is 7.68. The van der Waals surface area contributed by atoms with Gasteiger partial charge < -0.3 is 5.11 Å². The van der Waals surface area contributed by atoms with Crippen LogP contribution in [0.2, 0.25) is 0 Å². The fourth-order valence-electron chi connectivity index (χ4n) is 2.60. The van der Waals surface area contributed by atoms with Crippen molar-refractivity contribution >= 4 is 27.4 Å². The topological polar surface area (TPSA) is 37.3 Å². The van der Waals surface area contributed by atoms with Crippen LogP contribution in [-0.4, -0.2) is 11.1 Å². The van der Waals surface area contributed by atoms with E-state index < -0.39 is 23.4 Å². The van der Waals surface area contributed by atoms with Crippen molar-refractivity contribution in [3.8, 4) is 11.1 Å². The Morgan fingerprint density at radius 2 is 1.91 bits per heavy atom. The van der Waals surface area contributed by atoms with Crippen molar-refractivity contribution in [2.24, 2.45) is 0 Å². The van der Waals surface area contributed by atoms with Crippen molar-refractivity contribution in [3.05, 3.63) is 58.2 Å². The van der Waals surface area contributed by atoms with E-state index in [1.54, 1.807) is 6.92 Å². The molecule has 0 spiro atoms. The van der Waals surface area contributed by atoms with Gasteiger partial charge >= 0.3 is 5.97 Å². The molecular formula is C17H11F3O2S. The molecule has 1 heterocycles. The number of hydrogen-bond donors (Lipinski definition) is 1. The molecule has 0 amide bonds. The number of fused-ring (bicyclic) bond motifs is 1. The molecule has 0 bridgehead atoms. The van der Waals surface area contributed by atoms with Gasteiger partial charge in [0.25, 0.3) is 0 Å². The third-order valence-corrected chi connectivity index (χ3v) is 4.80. The molecule has 2 aromatic carbocycles. The lowest BCUT2D eigenvalue weighted by Crippen LogP contribution is -2.00. The fraction of sp³-hybridized carbons (Fsp3) is 0.118. The smallest absolute Gasteiger partial charge is 0.346 e. The zero-order chi connectivity index (χ0) is 16.7. The lowest BCUT2D eigenvalue weighted by Gasteiger charge is -2.09. The summed E-state index contributed by atoms with van der Waals surface area (Å²) >= 11 is 0.867. The minimum Gasteiger partial charge on any atom is -0.477 e. The van der Waals surface area contributed by atoms with Crippen molar-refractivity contribution in [2.75, 3.05) is 0 Å². The maximum Gasteiger partial charge on any atom is 0.346 e. The highest BCUT2D eigenvalue weighted by Gasteiger charge is 2.23. The van der Waals surface area contributed by atoms with Crippen LogP contribution in [0.4, 0.5) is 13.2 Å². The number of halogens is 3. The molecule has 1 aromatic heterocycles. The van der Waals surface area contributed by atoms with Crippen LogP contribution < -0.4 is 0 Å². The second-order valence-electron chi connectivity index (χ2n) is 4.99. The average Bonchev–Trinajstić information content (AvgIpc) is 2.86. The van der Waals surface area contributed by atoms with Gasteiger partial charge in [0.1, 0.15) is 22.3 Å². The van der Waals surface area contributed by atoms with Gasteiger partial charge in [0, 0.05) is 26.8 Å². The highest BCUT2D eigenvalue weighted by atomic mass is 32.1. The molecule has 0 atom stereocenters. The summed E-state index contributed by atoms with van der Waals surface area (Å²) in [6, 6.07) is 6.15. The molecule has 0 radical (unpaired) electrons. The monoisotopic (exact) mass is 336 g/mol. The number of carboxylic acids is 1. The van der Waals surface area contributed by atoms with E-state index in [1.807, 2.05) is 0 Å². The highest BCUT2D eigenvalue weighted by molar-refractivity contribution is 7.21. The summed E-state index contributed by atoms with van der Waals surface area (Å²) in [5.41, 5.74) is 0.0727. The second kappa shape index (κ2) is 5.70. The quantitative estimate of drug-likeness (QED) is 0.709. The van der Waals surface area contributed by atoms with Gasteiger partial charge in [0.15, 0.2) is 0 Å². The van der Waals surface area contributed by atoms with Crippen LogP contribution in [0.3, 0.4) is 0 Å². The Hall–Kier alpha value is -2.34. The maximum absolute atomic E-state index is 14.6. The normalized spacial score (nSPS) is 11.1. The van der Waals surface area contributed by atoms with Crippen molar-refractivity contribution in [1.29, 1.82) is 0 Å². The van der Waals surface area contributed by atoms with Gasteiger partial charge in [0.05, 0.1) is 0 Å². The van der Waals surface area contributed by atoms with E-state index in [0.29, 0.717) is 10.1 Å². The summed E-state index contributed by atoms with van der Waals surface area (Å²) in [6.45, 7) is 1.62. The molecule has 0 saturated carbocycles. The van der Waals surface area contributed by atoms with Crippen molar-refractivity contribution in [3.63, 3.8) is 0 Å². The van der Waals surface area contributed by atoms with Crippen molar-refractivity contribution < 1.29 is 23.1 Å². The second-order valence-corrected chi connectivity index (χ2v) is 6.05. The standard InChI is InChI=1S/C17H11F3O2S/c1-2-9-12(19)6-5-11(15(9)20)14-10-4-3-8(18)7-13(10)23-16(14)17(21)22/h3-7H,2H2,1H3,(H,21,22). The largest absolute Gasteiger partial charge is 0.477 e. The van der Waals surface area contributed by atoms with E-state index in [0.717, 1.165) is 17.4 Å². The van der Waals surface area contributed by atoms with Gasteiger partial charge in [-0.05, 0) is 36.8 Å². The predicted molar refractivity (Wildman–Crippen MR) is 83.5 cm³/mol. The number of carbonyl (C=O) groups is 1. The Balaban J connectivity index is 2.40. The van der Waals surface area contributed by atoms with Gasteiger partial charge in [-0.1, -0.05) is 6.92 Å². The minimum absolute atomic E-state index is 0.0125. The Kier molecular flexibility index (Phi) is 3.85. The molecule has 1 N–H and O–H groups in total. The summed E-state index contributed by atoms with van der Waals surface area (Å²) in [4.78, 5) is 11.4. The van der Waals surface area contributed by atoms with Gasteiger partial charge in [-0.25, -0.2) is 18.0 Å². The summed E-state index contributed by atoms with van der Waals surface area (Å²) in [6.07, 6.45) is 0.143. The van der Waals surface area contributed by atoms with Crippen LogP contribution in [0.1, 0.15) is 22.2 Å². The van der Waals surface area contributed by atoms with Crippen LogP contribution in [0.5, 0.6) is 0 Å². The SMILES string of the molecule is CCc1c(F)ccc(-c2c(C(=O)O)sc3cc(F)ccc23)c1F. The Morgan fingerprint density at radius 1 is 1.17 bits per heavy atom. The molecule has 3 rings (SSSR count). The minimum atomic E-state index is -1.23. The zero-order valence-electron chi connectivity index (χ0n) is 12.0.